The van der Waals surface area contributed by atoms with Crippen LogP contribution in [-0.4, -0.2) is 154 Å². The largest absolute Gasteiger partial charge is 0.468 e. The molecule has 0 atom stereocenters. The monoisotopic (exact) mass is 1650 g/mol. The number of hydrogen-bond acceptors (Lipinski definition) is 22. The Kier molecular flexibility index (Phi) is 54.1. The average Bonchev–Trinajstić information content (AvgIpc) is 0.899. The number of rotatable bonds is 46. The van der Waals surface area contributed by atoms with Gasteiger partial charge in [-0.05, 0) is 94.2 Å². The van der Waals surface area contributed by atoms with Crippen LogP contribution in [0.1, 0.15) is 116 Å². The van der Waals surface area contributed by atoms with Crippen LogP contribution in [-0.2, 0) is 109 Å². The van der Waals surface area contributed by atoms with E-state index < -0.39 is 130 Å². The van der Waals surface area contributed by atoms with Crippen LogP contribution in [0.3, 0.4) is 0 Å². The smallest absolute Gasteiger partial charge is 0.323 e. The van der Waals surface area contributed by atoms with E-state index in [1.165, 1.54) is 14.2 Å². The lowest BCUT2D eigenvalue weighted by atomic mass is 10.0. The Bertz CT molecular complexity index is 3110. The van der Waals surface area contributed by atoms with Crippen molar-refractivity contribution in [1.82, 2.24) is 0 Å². The van der Waals surface area contributed by atoms with E-state index in [0.717, 1.165) is 86.3 Å². The number of benzene rings is 4. The summed E-state index contributed by atoms with van der Waals surface area (Å²) in [4.78, 5) is 120. The Hall–Kier alpha value is -7.74. The number of carbonyl (C=O) groups excluding carboxylic acids is 10. The van der Waals surface area contributed by atoms with Gasteiger partial charge in [0, 0.05) is 40.4 Å². The third-order valence-electron chi connectivity index (χ3n) is 16.6. The fraction of sp³-hybridized carbons (Fsp3) is 0.600. The predicted octanol–water partition coefficient (Wildman–Crippen LogP) is 18.6. The second-order valence-electron chi connectivity index (χ2n) is 33.2. The standard InChI is InChI=1S/C23H30O6Si.C23H30O4Si.C15H30O4Si.C13H26O4Si.C11H22O4Si/c1-30(2,3)16-10-15-21(22(24)28-17-26-19-11-6-4-7-12-19)23(25)29-18-27-20-13-8-5-9-14-20;1-28(2,3)16-10-15-21(22(24)26-17-19-11-6-4-7-12-19)23(25)27-18-20-13-8-5-9-14-20;1-6-10-18-14(16)13(15(17)19-11-7-2)9-8-12-20(3,4)5;1-6-16-12(14)11(13(15)17-7-2)9-8-10-18(3,4)5;1-14-10(12)9(11(13)15-2)7-6-8-16(3,4)5/h4-9,11-14,21H,10,15-18H2,1-3H3;4-9,11-14,21H,10,15-18H2,1-3H3;13H,6-12H2,1-5H3;11H,6-10H2,1-5H3;9H,6-8H2,1-5H3. The maximum absolute atomic E-state index is 12.6. The van der Waals surface area contributed by atoms with Gasteiger partial charge in [-0.3, -0.25) is 47.9 Å². The molecule has 0 unspecified atom stereocenters. The van der Waals surface area contributed by atoms with Gasteiger partial charge in [-0.1, -0.05) is 271 Å². The van der Waals surface area contributed by atoms with E-state index in [0.29, 0.717) is 70.0 Å². The highest BCUT2D eigenvalue weighted by molar-refractivity contribution is 6.77. The van der Waals surface area contributed by atoms with Gasteiger partial charge in [-0.25, -0.2) is 0 Å². The highest BCUT2D eigenvalue weighted by atomic mass is 28.3. The second-order valence-corrected chi connectivity index (χ2v) is 61.3. The molecule has 0 fully saturated rings. The molecule has 0 saturated carbocycles. The van der Waals surface area contributed by atoms with E-state index in [1.807, 2.05) is 111 Å². The molecule has 0 radical (unpaired) electrons. The molecule has 0 saturated heterocycles. The summed E-state index contributed by atoms with van der Waals surface area (Å²) in [6, 6.07) is 42.3. The van der Waals surface area contributed by atoms with Crippen molar-refractivity contribution in [2.24, 2.45) is 29.6 Å². The zero-order valence-corrected chi connectivity index (χ0v) is 76.6. The maximum Gasteiger partial charge on any atom is 0.323 e. The molecular formula is C85H138O22Si5. The van der Waals surface area contributed by atoms with Crippen molar-refractivity contribution in [2.75, 3.05) is 54.2 Å². The Morgan fingerprint density at radius 1 is 0.277 bits per heavy atom. The Labute approximate surface area is 675 Å². The summed E-state index contributed by atoms with van der Waals surface area (Å²) in [6.45, 7) is 42.5. The summed E-state index contributed by atoms with van der Waals surface area (Å²) in [5.41, 5.74) is 1.80. The van der Waals surface area contributed by atoms with Crippen molar-refractivity contribution < 1.29 is 105 Å². The number of para-hydroxylation sites is 2. The Morgan fingerprint density at radius 3 is 0.714 bits per heavy atom. The van der Waals surface area contributed by atoms with Gasteiger partial charge < -0.3 is 56.8 Å². The van der Waals surface area contributed by atoms with Crippen LogP contribution in [0.2, 0.25) is 128 Å². The average molecular weight is 1650 g/mol. The first-order chi connectivity index (χ1) is 52.6. The normalized spacial score (nSPS) is 11.3. The molecule has 0 aliphatic heterocycles. The molecule has 112 heavy (non-hydrogen) atoms. The molecule has 630 valence electrons. The lowest BCUT2D eigenvalue weighted by molar-refractivity contribution is -0.170. The van der Waals surface area contributed by atoms with Crippen LogP contribution in [0.15, 0.2) is 121 Å². The predicted molar refractivity (Wildman–Crippen MR) is 453 cm³/mol. The van der Waals surface area contributed by atoms with Gasteiger partial charge in [0.25, 0.3) is 0 Å². The molecule has 0 aliphatic carbocycles. The number of ether oxygens (including phenoxy) is 12. The van der Waals surface area contributed by atoms with Gasteiger partial charge >= 0.3 is 59.7 Å². The zero-order chi connectivity index (χ0) is 84.8. The van der Waals surface area contributed by atoms with Crippen LogP contribution in [0, 0.1) is 29.6 Å². The highest BCUT2D eigenvalue weighted by Crippen LogP contribution is 2.25. The molecule has 27 heteroatoms. The quantitative estimate of drug-likeness (QED) is 0.0131. The Morgan fingerprint density at radius 2 is 0.491 bits per heavy atom. The fourth-order valence-electron chi connectivity index (χ4n) is 10.4. The molecule has 0 N–H and O–H groups in total. The number of carbonyl (C=O) groups is 10. The lowest BCUT2D eigenvalue weighted by Crippen LogP contribution is -2.30. The minimum Gasteiger partial charge on any atom is -0.468 e. The first-order valence-corrected chi connectivity index (χ1v) is 58.1. The van der Waals surface area contributed by atoms with Crippen LogP contribution in [0.25, 0.3) is 0 Å². The molecule has 4 rings (SSSR count). The van der Waals surface area contributed by atoms with Crippen molar-refractivity contribution in [1.29, 1.82) is 0 Å². The van der Waals surface area contributed by atoms with Gasteiger partial charge in [-0.15, -0.1) is 0 Å². The minimum absolute atomic E-state index is 0.163. The van der Waals surface area contributed by atoms with Gasteiger partial charge in [-0.2, -0.15) is 0 Å². The van der Waals surface area contributed by atoms with Crippen molar-refractivity contribution in [3.05, 3.63) is 132 Å². The SMILES string of the molecule is CCCOC(=O)C(CCC[Si](C)(C)C)C(=O)OCCC.CCOC(=O)C(CCC[Si](C)(C)C)C(=O)OCC.COC(=O)C(CCC[Si](C)(C)C)C(=O)OC.C[Si](C)(C)CCCC(C(=O)OCOc1ccccc1)C(=O)OCOc1ccccc1.C[Si](C)(C)CCCC(C(=O)OCc1ccccc1)C(=O)OCc1ccccc1. The van der Waals surface area contributed by atoms with E-state index in [-0.39, 0.29) is 26.8 Å². The van der Waals surface area contributed by atoms with E-state index in [9.17, 15) is 47.9 Å². The molecule has 0 aliphatic rings. The summed E-state index contributed by atoms with van der Waals surface area (Å²) >= 11 is 0. The van der Waals surface area contributed by atoms with E-state index in [1.54, 1.807) is 38.1 Å². The summed E-state index contributed by atoms with van der Waals surface area (Å²) in [7, 11) is -3.35. The van der Waals surface area contributed by atoms with Gasteiger partial charge in [0.05, 0.1) is 40.6 Å². The molecular weight excluding hydrogens is 1510 g/mol. The molecule has 0 aromatic heterocycles. The van der Waals surface area contributed by atoms with Crippen molar-refractivity contribution in [3.63, 3.8) is 0 Å². The molecule has 0 heterocycles. The summed E-state index contributed by atoms with van der Waals surface area (Å²) in [6.07, 6.45) is 8.14. The lowest BCUT2D eigenvalue weighted by Gasteiger charge is -2.19. The highest BCUT2D eigenvalue weighted by Gasteiger charge is 2.35. The van der Waals surface area contributed by atoms with Crippen LogP contribution in [0.5, 0.6) is 11.5 Å². The van der Waals surface area contributed by atoms with Crippen molar-refractivity contribution in [3.8, 4) is 11.5 Å². The van der Waals surface area contributed by atoms with Gasteiger partial charge in [0.1, 0.15) is 24.7 Å². The molecule has 4 aromatic carbocycles. The van der Waals surface area contributed by atoms with Crippen LogP contribution >= 0.6 is 0 Å². The molecule has 4 aromatic rings. The third kappa shape index (κ3) is 54.1. The van der Waals surface area contributed by atoms with Crippen molar-refractivity contribution in [2.45, 2.75) is 246 Å². The van der Waals surface area contributed by atoms with Crippen LogP contribution < -0.4 is 9.47 Å². The zero-order valence-electron chi connectivity index (χ0n) is 71.6. The number of methoxy groups -OCH3 is 2. The summed E-state index contributed by atoms with van der Waals surface area (Å²) < 4.78 is 61.2. The van der Waals surface area contributed by atoms with Crippen molar-refractivity contribution >= 4 is 100 Å². The molecule has 22 nitrogen and oxygen atoms in total. The molecule has 0 amide bonds. The number of esters is 10. The maximum atomic E-state index is 12.6. The third-order valence-corrected chi connectivity index (χ3v) is 25.9. The summed E-state index contributed by atoms with van der Waals surface area (Å²) in [5, 5.41) is 0. The van der Waals surface area contributed by atoms with Gasteiger partial charge in [0.15, 0.2) is 29.6 Å². The van der Waals surface area contributed by atoms with E-state index in [2.05, 4.69) is 108 Å². The van der Waals surface area contributed by atoms with Gasteiger partial charge in [0.2, 0.25) is 13.6 Å². The fourth-order valence-corrected chi connectivity index (χ4v) is 16.7. The number of hydrogen-bond donors (Lipinski definition) is 0. The first-order valence-electron chi connectivity index (χ1n) is 39.6. The molecule has 0 spiro atoms. The van der Waals surface area contributed by atoms with E-state index >= 15 is 0 Å². The van der Waals surface area contributed by atoms with E-state index in [4.69, 9.17) is 47.4 Å². The second kappa shape index (κ2) is 58.2. The first kappa shape index (κ1) is 104. The topological polar surface area (TPSA) is 281 Å². The van der Waals surface area contributed by atoms with Crippen LogP contribution in [0.4, 0.5) is 0 Å². The Balaban J connectivity index is 0.00000141. The molecule has 0 bridgehead atoms. The summed E-state index contributed by atoms with van der Waals surface area (Å²) in [5.74, 6) is -8.01. The minimum atomic E-state index is -1.29.